The lowest BCUT2D eigenvalue weighted by Crippen LogP contribution is -2.52. The summed E-state index contributed by atoms with van der Waals surface area (Å²) in [6.45, 7) is 0.161. The molecular formula is C18H25ClN2O5. The van der Waals surface area contributed by atoms with E-state index in [1.54, 1.807) is 12.1 Å². The summed E-state index contributed by atoms with van der Waals surface area (Å²) in [7, 11) is 1.44. The first-order valence-electron chi connectivity index (χ1n) is 8.57. The van der Waals surface area contributed by atoms with Gasteiger partial charge < -0.3 is 25.2 Å². The van der Waals surface area contributed by atoms with Crippen LogP contribution in [0.3, 0.4) is 0 Å². The maximum Gasteiger partial charge on any atom is 0.246 e. The van der Waals surface area contributed by atoms with Gasteiger partial charge in [-0.1, -0.05) is 23.7 Å². The van der Waals surface area contributed by atoms with E-state index in [0.29, 0.717) is 24.4 Å². The lowest BCUT2D eigenvalue weighted by atomic mass is 9.97. The number of carbonyl (C=O) groups excluding carboxylic acids is 2. The third-order valence-corrected chi connectivity index (χ3v) is 4.49. The summed E-state index contributed by atoms with van der Waals surface area (Å²) < 4.78 is 10.6. The van der Waals surface area contributed by atoms with Gasteiger partial charge in [0.2, 0.25) is 11.8 Å². The van der Waals surface area contributed by atoms with Crippen molar-refractivity contribution >= 4 is 23.4 Å². The fourth-order valence-electron chi connectivity index (χ4n) is 2.91. The molecule has 26 heavy (non-hydrogen) atoms. The third kappa shape index (κ3) is 6.57. The van der Waals surface area contributed by atoms with Crippen LogP contribution in [-0.2, 0) is 25.6 Å². The van der Waals surface area contributed by atoms with Crippen molar-refractivity contribution in [2.24, 2.45) is 0 Å². The Morgan fingerprint density at radius 1 is 1.27 bits per heavy atom. The zero-order chi connectivity index (χ0) is 18.9. The number of hydrogen-bond donors (Lipinski definition) is 3. The van der Waals surface area contributed by atoms with Crippen molar-refractivity contribution in [3.05, 3.63) is 34.9 Å². The van der Waals surface area contributed by atoms with Gasteiger partial charge in [-0.05, 0) is 30.5 Å². The summed E-state index contributed by atoms with van der Waals surface area (Å²) in [4.78, 5) is 23.8. The maximum atomic E-state index is 12.1. The highest BCUT2D eigenvalue weighted by Gasteiger charge is 2.32. The number of ether oxygens (including phenoxy) is 2. The molecule has 2 amide bonds. The zero-order valence-electron chi connectivity index (χ0n) is 14.7. The van der Waals surface area contributed by atoms with E-state index in [1.807, 2.05) is 12.1 Å². The monoisotopic (exact) mass is 384 g/mol. The molecule has 1 aromatic carbocycles. The van der Waals surface area contributed by atoms with Crippen molar-refractivity contribution in [2.45, 2.75) is 44.1 Å². The molecule has 1 aliphatic heterocycles. The molecule has 0 aromatic heterocycles. The van der Waals surface area contributed by atoms with Crippen molar-refractivity contribution < 1.29 is 24.2 Å². The molecule has 7 nitrogen and oxygen atoms in total. The van der Waals surface area contributed by atoms with Crippen molar-refractivity contribution in [3.8, 4) is 0 Å². The molecule has 0 spiro atoms. The Hall–Kier alpha value is -1.67. The topological polar surface area (TPSA) is 96.9 Å². The first-order chi connectivity index (χ1) is 12.5. The number of aliphatic hydroxyl groups is 1. The van der Waals surface area contributed by atoms with Crippen LogP contribution in [0.1, 0.15) is 24.8 Å². The number of hydrogen-bond acceptors (Lipinski definition) is 5. The van der Waals surface area contributed by atoms with Gasteiger partial charge in [-0.2, -0.15) is 0 Å². The van der Waals surface area contributed by atoms with Crippen molar-refractivity contribution in [1.82, 2.24) is 10.6 Å². The minimum atomic E-state index is -0.529. The Labute approximate surface area is 158 Å². The van der Waals surface area contributed by atoms with Gasteiger partial charge in [0, 0.05) is 18.7 Å². The Kier molecular flexibility index (Phi) is 8.31. The van der Waals surface area contributed by atoms with Gasteiger partial charge in [0.15, 0.2) is 0 Å². The second-order valence-electron chi connectivity index (χ2n) is 6.27. The Morgan fingerprint density at radius 2 is 2.00 bits per heavy atom. The van der Waals surface area contributed by atoms with Crippen molar-refractivity contribution in [3.63, 3.8) is 0 Å². The molecule has 144 valence electrons. The van der Waals surface area contributed by atoms with E-state index in [1.165, 1.54) is 7.11 Å². The standard InChI is InChI=1S/C18H25ClN2O5/c1-25-11-18(24)21-15-7-6-14(26-16(15)10-22)8-17(23)20-9-12-2-4-13(19)5-3-12/h2-5,14-16,22H,6-11H2,1H3,(H,20,23)(H,21,24)/t14-,15-,16+/m0/s1. The Balaban J connectivity index is 1.76. The molecule has 3 N–H and O–H groups in total. The summed E-state index contributed by atoms with van der Waals surface area (Å²) in [6.07, 6.45) is 0.660. The van der Waals surface area contributed by atoms with Gasteiger partial charge >= 0.3 is 0 Å². The molecule has 8 heteroatoms. The molecule has 1 aromatic rings. The van der Waals surface area contributed by atoms with E-state index in [9.17, 15) is 14.7 Å². The van der Waals surface area contributed by atoms with Crippen LogP contribution in [0.4, 0.5) is 0 Å². The molecule has 0 unspecified atom stereocenters. The van der Waals surface area contributed by atoms with Crippen LogP contribution in [0.5, 0.6) is 0 Å². The van der Waals surface area contributed by atoms with Crippen LogP contribution >= 0.6 is 11.6 Å². The van der Waals surface area contributed by atoms with Gasteiger partial charge in [-0.15, -0.1) is 0 Å². The van der Waals surface area contributed by atoms with Crippen LogP contribution in [-0.4, -0.2) is 55.5 Å². The average Bonchev–Trinajstić information content (AvgIpc) is 2.62. The number of nitrogens with one attached hydrogen (secondary N) is 2. The fraction of sp³-hybridized carbons (Fsp3) is 0.556. The van der Waals surface area contributed by atoms with Crippen LogP contribution in [0.25, 0.3) is 0 Å². The Bertz CT molecular complexity index is 596. The van der Waals surface area contributed by atoms with E-state index >= 15 is 0 Å². The molecule has 0 saturated carbocycles. The van der Waals surface area contributed by atoms with Crippen LogP contribution in [0.2, 0.25) is 5.02 Å². The molecule has 0 bridgehead atoms. The normalized spacial score (nSPS) is 22.7. The number of halogens is 1. The highest BCUT2D eigenvalue weighted by atomic mass is 35.5. The predicted octanol–water partition coefficient (Wildman–Crippen LogP) is 1.02. The molecule has 1 heterocycles. The van der Waals surface area contributed by atoms with Gasteiger partial charge in [-0.25, -0.2) is 0 Å². The van der Waals surface area contributed by atoms with Gasteiger partial charge in [-0.3, -0.25) is 9.59 Å². The predicted molar refractivity (Wildman–Crippen MR) is 96.7 cm³/mol. The summed E-state index contributed by atoms with van der Waals surface area (Å²) in [5, 5.41) is 15.8. The van der Waals surface area contributed by atoms with Crippen LogP contribution in [0.15, 0.2) is 24.3 Å². The molecular weight excluding hydrogens is 360 g/mol. The molecule has 2 rings (SSSR count). The lowest BCUT2D eigenvalue weighted by Gasteiger charge is -2.35. The number of amides is 2. The van der Waals surface area contributed by atoms with Gasteiger partial charge in [0.25, 0.3) is 0 Å². The molecule has 1 aliphatic rings. The minimum absolute atomic E-state index is 0.0365. The summed E-state index contributed by atoms with van der Waals surface area (Å²) >= 11 is 5.83. The lowest BCUT2D eigenvalue weighted by molar-refractivity contribution is -0.137. The van der Waals surface area contributed by atoms with E-state index in [0.717, 1.165) is 5.56 Å². The molecule has 1 fully saturated rings. The number of benzene rings is 1. The van der Waals surface area contributed by atoms with Crippen LogP contribution in [0, 0.1) is 0 Å². The van der Waals surface area contributed by atoms with E-state index in [2.05, 4.69) is 10.6 Å². The van der Waals surface area contributed by atoms with Crippen LogP contribution < -0.4 is 10.6 Å². The molecule has 0 radical (unpaired) electrons. The van der Waals surface area contributed by atoms with E-state index < -0.39 is 6.10 Å². The fourth-order valence-corrected chi connectivity index (χ4v) is 3.03. The maximum absolute atomic E-state index is 12.1. The second kappa shape index (κ2) is 10.5. The quantitative estimate of drug-likeness (QED) is 0.621. The summed E-state index contributed by atoms with van der Waals surface area (Å²) in [6, 6.07) is 6.98. The second-order valence-corrected chi connectivity index (χ2v) is 6.71. The molecule has 0 aliphatic carbocycles. The third-order valence-electron chi connectivity index (χ3n) is 4.23. The average molecular weight is 385 g/mol. The number of rotatable bonds is 8. The molecule has 1 saturated heterocycles. The van der Waals surface area contributed by atoms with Crippen molar-refractivity contribution in [2.75, 3.05) is 20.3 Å². The largest absolute Gasteiger partial charge is 0.394 e. The first kappa shape index (κ1) is 20.6. The summed E-state index contributed by atoms with van der Waals surface area (Å²) in [5.41, 5.74) is 0.960. The van der Waals surface area contributed by atoms with E-state index in [4.69, 9.17) is 21.1 Å². The van der Waals surface area contributed by atoms with Gasteiger partial charge in [0.05, 0.1) is 25.2 Å². The van der Waals surface area contributed by atoms with Crippen molar-refractivity contribution in [1.29, 1.82) is 0 Å². The Morgan fingerprint density at radius 3 is 2.65 bits per heavy atom. The van der Waals surface area contributed by atoms with Gasteiger partial charge in [0.1, 0.15) is 12.7 Å². The highest BCUT2D eigenvalue weighted by molar-refractivity contribution is 6.30. The van der Waals surface area contributed by atoms with E-state index in [-0.39, 0.29) is 43.6 Å². The molecule has 3 atom stereocenters. The highest BCUT2D eigenvalue weighted by Crippen LogP contribution is 2.22. The zero-order valence-corrected chi connectivity index (χ0v) is 15.5. The first-order valence-corrected chi connectivity index (χ1v) is 8.95. The number of aliphatic hydroxyl groups excluding tert-OH is 1. The smallest absolute Gasteiger partial charge is 0.246 e. The number of carbonyl (C=O) groups is 2. The SMILES string of the molecule is COCC(=O)N[C@H]1CC[C@@H](CC(=O)NCc2ccc(Cl)cc2)O[C@@H]1CO. The minimum Gasteiger partial charge on any atom is -0.394 e. The summed E-state index contributed by atoms with van der Waals surface area (Å²) in [5.74, 6) is -0.373. The number of methoxy groups -OCH3 is 1.